The Hall–Kier alpha value is -3.48. The van der Waals surface area contributed by atoms with Gasteiger partial charge in [-0.25, -0.2) is 9.78 Å². The van der Waals surface area contributed by atoms with Gasteiger partial charge in [-0.2, -0.15) is 0 Å². The molecule has 148 valence electrons. The second-order valence-corrected chi connectivity index (χ2v) is 7.19. The molecule has 0 fully saturated rings. The zero-order valence-electron chi connectivity index (χ0n) is 16.3. The molecule has 2 aromatic carbocycles. The quantitative estimate of drug-likeness (QED) is 0.691. The highest BCUT2D eigenvalue weighted by molar-refractivity contribution is 5.97. The average Bonchev–Trinajstić information content (AvgIpc) is 3.18. The summed E-state index contributed by atoms with van der Waals surface area (Å²) >= 11 is 0. The number of fused-ring (bicyclic) bond motifs is 2. The summed E-state index contributed by atoms with van der Waals surface area (Å²) in [6.45, 7) is 4.15. The molecule has 4 rings (SSSR count). The molecular formula is C22H21N3O4. The third-order valence-electron chi connectivity index (χ3n) is 5.27. The van der Waals surface area contributed by atoms with Crippen LogP contribution in [0.3, 0.4) is 0 Å². The van der Waals surface area contributed by atoms with Gasteiger partial charge >= 0.3 is 5.97 Å². The minimum Gasteiger partial charge on any atom is -0.452 e. The van der Waals surface area contributed by atoms with E-state index < -0.39 is 18.5 Å². The molecule has 7 nitrogen and oxygen atoms in total. The summed E-state index contributed by atoms with van der Waals surface area (Å²) in [5.74, 6) is -0.312. The average molecular weight is 391 g/mol. The van der Waals surface area contributed by atoms with Crippen LogP contribution in [0.2, 0.25) is 0 Å². The highest BCUT2D eigenvalue weighted by Crippen LogP contribution is 2.18. The highest BCUT2D eigenvalue weighted by atomic mass is 16.5. The number of ether oxygens (including phenoxy) is 1. The van der Waals surface area contributed by atoms with Gasteiger partial charge in [-0.3, -0.25) is 14.2 Å². The zero-order chi connectivity index (χ0) is 20.5. The first kappa shape index (κ1) is 18.9. The van der Waals surface area contributed by atoms with E-state index in [2.05, 4.69) is 10.3 Å². The Morgan fingerprint density at radius 2 is 2.03 bits per heavy atom. The van der Waals surface area contributed by atoms with E-state index in [1.807, 2.05) is 26.0 Å². The van der Waals surface area contributed by atoms with Crippen LogP contribution in [0, 0.1) is 13.8 Å². The Balaban J connectivity index is 1.46. The van der Waals surface area contributed by atoms with Gasteiger partial charge in [0.1, 0.15) is 5.82 Å². The number of anilines is 1. The number of hydrogen-bond donors (Lipinski definition) is 1. The molecule has 0 unspecified atom stereocenters. The van der Waals surface area contributed by atoms with Gasteiger partial charge in [-0.15, -0.1) is 0 Å². The normalized spacial score (nSPS) is 12.6. The van der Waals surface area contributed by atoms with E-state index in [9.17, 15) is 14.4 Å². The Labute approximate surface area is 167 Å². The Morgan fingerprint density at radius 1 is 1.21 bits per heavy atom. The van der Waals surface area contributed by atoms with Crippen molar-refractivity contribution in [1.29, 1.82) is 0 Å². The molecule has 1 aliphatic rings. The molecule has 0 radical (unpaired) electrons. The van der Waals surface area contributed by atoms with Gasteiger partial charge < -0.3 is 10.1 Å². The molecule has 0 saturated carbocycles. The molecular weight excluding hydrogens is 370 g/mol. The molecule has 0 bridgehead atoms. The number of carbonyl (C=O) groups is 2. The number of amides is 1. The van der Waals surface area contributed by atoms with E-state index in [0.717, 1.165) is 29.8 Å². The molecule has 29 heavy (non-hydrogen) atoms. The predicted octanol–water partition coefficient (Wildman–Crippen LogP) is 2.76. The number of benzene rings is 2. The number of hydrogen-bond acceptors (Lipinski definition) is 5. The van der Waals surface area contributed by atoms with Crippen molar-refractivity contribution in [3.63, 3.8) is 0 Å². The van der Waals surface area contributed by atoms with Crippen molar-refractivity contribution in [2.75, 3.05) is 11.9 Å². The standard InChI is InChI=1S/C22H21N3O4/c1-13-5-3-6-17(14(13)2)24-20(26)12-29-22(28)15-8-9-16-18(11-15)23-19-7-4-10-25(19)21(16)27/h3,5-6,8-9,11H,4,7,10,12H2,1-2H3,(H,24,26). The molecule has 1 N–H and O–H groups in total. The van der Waals surface area contributed by atoms with Crippen molar-refractivity contribution >= 4 is 28.5 Å². The number of esters is 1. The van der Waals surface area contributed by atoms with Crippen LogP contribution < -0.4 is 10.9 Å². The minimum absolute atomic E-state index is 0.0877. The van der Waals surface area contributed by atoms with Crippen LogP contribution in [-0.4, -0.2) is 28.0 Å². The van der Waals surface area contributed by atoms with Crippen molar-refractivity contribution in [3.05, 3.63) is 69.3 Å². The van der Waals surface area contributed by atoms with Crippen molar-refractivity contribution in [2.24, 2.45) is 0 Å². The minimum atomic E-state index is -0.634. The van der Waals surface area contributed by atoms with E-state index in [-0.39, 0.29) is 11.1 Å². The maximum atomic E-state index is 12.5. The molecule has 1 aromatic heterocycles. The summed E-state index contributed by atoms with van der Waals surface area (Å²) in [6.07, 6.45) is 1.64. The molecule has 1 amide bonds. The first-order chi connectivity index (χ1) is 13.9. The molecule has 0 saturated heterocycles. The third kappa shape index (κ3) is 3.63. The number of rotatable bonds is 4. The van der Waals surface area contributed by atoms with Crippen LogP contribution in [0.4, 0.5) is 5.69 Å². The van der Waals surface area contributed by atoms with Gasteiger partial charge in [0, 0.05) is 18.7 Å². The first-order valence-electron chi connectivity index (χ1n) is 9.50. The fraction of sp³-hybridized carbons (Fsp3) is 0.273. The molecule has 2 heterocycles. The van der Waals surface area contributed by atoms with Gasteiger partial charge in [0.15, 0.2) is 6.61 Å². The summed E-state index contributed by atoms with van der Waals surface area (Å²) in [6, 6.07) is 10.3. The lowest BCUT2D eigenvalue weighted by Crippen LogP contribution is -2.22. The first-order valence-corrected chi connectivity index (χ1v) is 9.50. The number of nitrogens with zero attached hydrogens (tertiary/aromatic N) is 2. The third-order valence-corrected chi connectivity index (χ3v) is 5.27. The lowest BCUT2D eigenvalue weighted by molar-refractivity contribution is -0.119. The fourth-order valence-corrected chi connectivity index (χ4v) is 3.50. The molecule has 0 aliphatic carbocycles. The Bertz CT molecular complexity index is 1200. The molecule has 0 atom stereocenters. The van der Waals surface area contributed by atoms with Crippen molar-refractivity contribution in [2.45, 2.75) is 33.2 Å². The van der Waals surface area contributed by atoms with Gasteiger partial charge in [0.25, 0.3) is 11.5 Å². The Kier molecular flexibility index (Phi) is 4.88. The van der Waals surface area contributed by atoms with Crippen molar-refractivity contribution in [3.8, 4) is 0 Å². The van der Waals surface area contributed by atoms with E-state index in [1.54, 1.807) is 22.8 Å². The van der Waals surface area contributed by atoms with Crippen molar-refractivity contribution in [1.82, 2.24) is 9.55 Å². The summed E-state index contributed by atoms with van der Waals surface area (Å²) in [4.78, 5) is 41.5. The number of aromatic nitrogens is 2. The van der Waals surface area contributed by atoms with Gasteiger partial charge in [-0.05, 0) is 55.7 Å². The van der Waals surface area contributed by atoms with Crippen LogP contribution in [0.5, 0.6) is 0 Å². The molecule has 1 aliphatic heterocycles. The van der Waals surface area contributed by atoms with E-state index in [4.69, 9.17) is 4.74 Å². The molecule has 0 spiro atoms. The fourth-order valence-electron chi connectivity index (χ4n) is 3.50. The zero-order valence-corrected chi connectivity index (χ0v) is 16.3. The maximum Gasteiger partial charge on any atom is 0.338 e. The van der Waals surface area contributed by atoms with E-state index >= 15 is 0 Å². The lowest BCUT2D eigenvalue weighted by Gasteiger charge is -2.11. The summed E-state index contributed by atoms with van der Waals surface area (Å²) in [5, 5.41) is 3.22. The highest BCUT2D eigenvalue weighted by Gasteiger charge is 2.18. The topological polar surface area (TPSA) is 90.3 Å². The second-order valence-electron chi connectivity index (χ2n) is 7.19. The van der Waals surface area contributed by atoms with Gasteiger partial charge in [-0.1, -0.05) is 12.1 Å². The Morgan fingerprint density at radius 3 is 2.86 bits per heavy atom. The second kappa shape index (κ2) is 7.50. The number of aryl methyl sites for hydroxylation is 2. The van der Waals surface area contributed by atoms with Crippen LogP contribution >= 0.6 is 0 Å². The number of carbonyl (C=O) groups excluding carboxylic acids is 2. The largest absolute Gasteiger partial charge is 0.452 e. The van der Waals surface area contributed by atoms with Crippen LogP contribution in [0.25, 0.3) is 10.9 Å². The lowest BCUT2D eigenvalue weighted by atomic mass is 10.1. The van der Waals surface area contributed by atoms with Gasteiger partial charge in [0.2, 0.25) is 0 Å². The SMILES string of the molecule is Cc1cccc(NC(=O)COC(=O)c2ccc3c(=O)n4c(nc3c2)CCC4)c1C. The van der Waals surface area contributed by atoms with Crippen LogP contribution in [-0.2, 0) is 22.5 Å². The van der Waals surface area contributed by atoms with Crippen molar-refractivity contribution < 1.29 is 14.3 Å². The monoisotopic (exact) mass is 391 g/mol. The number of nitrogens with one attached hydrogen (secondary N) is 1. The van der Waals surface area contributed by atoms with Crippen LogP contribution in [0.15, 0.2) is 41.2 Å². The predicted molar refractivity (Wildman–Crippen MR) is 109 cm³/mol. The van der Waals surface area contributed by atoms with Gasteiger partial charge in [0.05, 0.1) is 16.5 Å². The summed E-state index contributed by atoms with van der Waals surface area (Å²) in [5.41, 5.74) is 3.35. The smallest absolute Gasteiger partial charge is 0.338 e. The molecule has 3 aromatic rings. The van der Waals surface area contributed by atoms with E-state index in [1.165, 1.54) is 6.07 Å². The van der Waals surface area contributed by atoms with Crippen LogP contribution in [0.1, 0.15) is 33.7 Å². The molecule has 7 heteroatoms. The van der Waals surface area contributed by atoms with E-state index in [0.29, 0.717) is 23.1 Å². The summed E-state index contributed by atoms with van der Waals surface area (Å²) < 4.78 is 6.82. The summed E-state index contributed by atoms with van der Waals surface area (Å²) in [7, 11) is 0. The maximum absolute atomic E-state index is 12.5.